The molecule has 0 aliphatic carbocycles. The van der Waals surface area contributed by atoms with E-state index in [0.717, 1.165) is 22.5 Å². The minimum atomic E-state index is -0.264. The second kappa shape index (κ2) is 7.13. The van der Waals surface area contributed by atoms with Gasteiger partial charge < -0.3 is 10.6 Å². The van der Waals surface area contributed by atoms with E-state index in [9.17, 15) is 4.79 Å². The Morgan fingerprint density at radius 2 is 1.52 bits per heavy atom. The Bertz CT molecular complexity index is 887. The Morgan fingerprint density at radius 3 is 2.20 bits per heavy atom. The van der Waals surface area contributed by atoms with Crippen molar-refractivity contribution in [3.05, 3.63) is 77.2 Å². The third-order valence-electron chi connectivity index (χ3n) is 3.60. The van der Waals surface area contributed by atoms with Crippen molar-refractivity contribution in [2.24, 2.45) is 0 Å². The Morgan fingerprint density at radius 1 is 0.840 bits per heavy atom. The topological polar surface area (TPSA) is 66.9 Å². The van der Waals surface area contributed by atoms with Gasteiger partial charge in [-0.25, -0.2) is 9.97 Å². The quantitative estimate of drug-likeness (QED) is 0.743. The maximum Gasteiger partial charge on any atom is 0.274 e. The smallest absolute Gasteiger partial charge is 0.274 e. The molecule has 0 aliphatic rings. The molecule has 5 heteroatoms. The normalized spacial score (nSPS) is 10.4. The molecule has 2 N–H and O–H groups in total. The third kappa shape index (κ3) is 4.41. The van der Waals surface area contributed by atoms with Crippen molar-refractivity contribution in [2.45, 2.75) is 20.8 Å². The molecule has 2 aromatic carbocycles. The van der Waals surface area contributed by atoms with Crippen LogP contribution in [0.25, 0.3) is 0 Å². The maximum atomic E-state index is 12.5. The first-order valence-corrected chi connectivity index (χ1v) is 8.07. The minimum Gasteiger partial charge on any atom is -0.340 e. The minimum absolute atomic E-state index is 0.264. The van der Waals surface area contributed by atoms with Gasteiger partial charge in [0.2, 0.25) is 0 Å². The summed E-state index contributed by atoms with van der Waals surface area (Å²) in [7, 11) is 0. The predicted octanol–water partition coefficient (Wildman–Crippen LogP) is 4.40. The van der Waals surface area contributed by atoms with Gasteiger partial charge in [-0.1, -0.05) is 24.3 Å². The average Bonchev–Trinajstić information content (AvgIpc) is 2.54. The lowest BCUT2D eigenvalue weighted by molar-refractivity contribution is 0.102. The molecule has 0 unspecified atom stereocenters. The molecule has 126 valence electrons. The van der Waals surface area contributed by atoms with Gasteiger partial charge in [-0.3, -0.25) is 4.79 Å². The van der Waals surface area contributed by atoms with Crippen LogP contribution in [0.4, 0.5) is 17.2 Å². The van der Waals surface area contributed by atoms with Crippen molar-refractivity contribution < 1.29 is 4.79 Å². The van der Waals surface area contributed by atoms with Crippen molar-refractivity contribution in [1.29, 1.82) is 0 Å². The van der Waals surface area contributed by atoms with Gasteiger partial charge in [0.15, 0.2) is 0 Å². The first kappa shape index (κ1) is 16.6. The highest BCUT2D eigenvalue weighted by molar-refractivity contribution is 6.03. The maximum absolute atomic E-state index is 12.5. The molecule has 0 bridgehead atoms. The number of para-hydroxylation sites is 1. The summed E-state index contributed by atoms with van der Waals surface area (Å²) in [5.74, 6) is 0.864. The van der Waals surface area contributed by atoms with Gasteiger partial charge in [0, 0.05) is 17.4 Å². The molecule has 5 nitrogen and oxygen atoms in total. The summed E-state index contributed by atoms with van der Waals surface area (Å²) in [4.78, 5) is 21.1. The molecular formula is C20H20N4O. The summed E-state index contributed by atoms with van der Waals surface area (Å²) >= 11 is 0. The predicted molar refractivity (Wildman–Crippen MR) is 100 cm³/mol. The van der Waals surface area contributed by atoms with Crippen LogP contribution in [0.5, 0.6) is 0 Å². The van der Waals surface area contributed by atoms with Crippen molar-refractivity contribution in [1.82, 2.24) is 9.97 Å². The molecule has 0 aliphatic heterocycles. The molecule has 0 radical (unpaired) electrons. The molecule has 0 atom stereocenters. The Hall–Kier alpha value is -3.21. The largest absolute Gasteiger partial charge is 0.340 e. The van der Waals surface area contributed by atoms with Gasteiger partial charge >= 0.3 is 0 Å². The number of nitrogens with one attached hydrogen (secondary N) is 2. The summed E-state index contributed by atoms with van der Waals surface area (Å²) in [5.41, 5.74) is 4.31. The molecular weight excluding hydrogens is 312 g/mol. The summed E-state index contributed by atoms with van der Waals surface area (Å²) in [6.07, 6.45) is 0. The van der Waals surface area contributed by atoms with Crippen LogP contribution < -0.4 is 10.6 Å². The van der Waals surface area contributed by atoms with Crippen LogP contribution in [-0.2, 0) is 0 Å². The molecule has 1 amide bonds. The molecule has 1 aromatic heterocycles. The van der Waals surface area contributed by atoms with E-state index in [4.69, 9.17) is 0 Å². The van der Waals surface area contributed by atoms with E-state index in [2.05, 4.69) is 26.7 Å². The van der Waals surface area contributed by atoms with E-state index in [-0.39, 0.29) is 5.91 Å². The van der Waals surface area contributed by atoms with E-state index < -0.39 is 0 Å². The second-order valence-corrected chi connectivity index (χ2v) is 6.01. The molecule has 0 fully saturated rings. The van der Waals surface area contributed by atoms with Crippen LogP contribution in [0.3, 0.4) is 0 Å². The zero-order valence-corrected chi connectivity index (χ0v) is 14.5. The zero-order valence-electron chi connectivity index (χ0n) is 14.5. The van der Waals surface area contributed by atoms with Crippen molar-refractivity contribution in [3.63, 3.8) is 0 Å². The summed E-state index contributed by atoms with van der Waals surface area (Å²) in [6, 6.07) is 17.1. The van der Waals surface area contributed by atoms with Gasteiger partial charge in [0.25, 0.3) is 5.91 Å². The molecule has 0 saturated heterocycles. The molecule has 25 heavy (non-hydrogen) atoms. The monoisotopic (exact) mass is 332 g/mol. The van der Waals surface area contributed by atoms with Gasteiger partial charge in [-0.15, -0.1) is 0 Å². The molecule has 3 aromatic rings. The lowest BCUT2D eigenvalue weighted by Crippen LogP contribution is -2.15. The number of hydrogen-bond donors (Lipinski definition) is 2. The standard InChI is InChI=1S/C20H20N4O/c1-13-9-14(2)11-17(10-13)23-19-12-18(21-15(3)22-19)20(25)24-16-7-5-4-6-8-16/h4-12H,1-3H3,(H,24,25)(H,21,22,23). The van der Waals surface area contributed by atoms with E-state index in [1.807, 2.05) is 56.3 Å². The molecule has 0 saturated carbocycles. The molecule has 3 rings (SSSR count). The fourth-order valence-electron chi connectivity index (χ4n) is 2.66. The summed E-state index contributed by atoms with van der Waals surface area (Å²) in [6.45, 7) is 5.86. The van der Waals surface area contributed by atoms with Crippen LogP contribution in [0.2, 0.25) is 0 Å². The lowest BCUT2D eigenvalue weighted by Gasteiger charge is -2.10. The molecule has 0 spiro atoms. The van der Waals surface area contributed by atoms with Gasteiger partial charge in [0.05, 0.1) is 0 Å². The van der Waals surface area contributed by atoms with Crippen molar-refractivity contribution >= 4 is 23.1 Å². The van der Waals surface area contributed by atoms with Crippen LogP contribution in [0.1, 0.15) is 27.4 Å². The summed E-state index contributed by atoms with van der Waals surface area (Å²) in [5, 5.41) is 6.09. The average molecular weight is 332 g/mol. The van der Waals surface area contributed by atoms with Crippen LogP contribution in [0.15, 0.2) is 54.6 Å². The highest BCUT2D eigenvalue weighted by atomic mass is 16.1. The number of benzene rings is 2. The highest BCUT2D eigenvalue weighted by Crippen LogP contribution is 2.19. The second-order valence-electron chi connectivity index (χ2n) is 6.01. The Kier molecular flexibility index (Phi) is 4.75. The fraction of sp³-hybridized carbons (Fsp3) is 0.150. The number of amides is 1. The van der Waals surface area contributed by atoms with E-state index >= 15 is 0 Å². The zero-order chi connectivity index (χ0) is 17.8. The SMILES string of the molecule is Cc1cc(C)cc(Nc2cc(C(=O)Nc3ccccc3)nc(C)n2)c1. The lowest BCUT2D eigenvalue weighted by atomic mass is 10.1. The number of nitrogens with zero attached hydrogens (tertiary/aromatic N) is 2. The van der Waals surface area contributed by atoms with Gasteiger partial charge in [0.1, 0.15) is 17.3 Å². The van der Waals surface area contributed by atoms with E-state index in [1.165, 1.54) is 0 Å². The number of rotatable bonds is 4. The Balaban J connectivity index is 1.83. The number of aromatic nitrogens is 2. The van der Waals surface area contributed by atoms with E-state index in [1.54, 1.807) is 13.0 Å². The van der Waals surface area contributed by atoms with Crippen molar-refractivity contribution in [2.75, 3.05) is 10.6 Å². The number of anilines is 3. The number of aryl methyl sites for hydroxylation is 3. The highest BCUT2D eigenvalue weighted by Gasteiger charge is 2.11. The summed E-state index contributed by atoms with van der Waals surface area (Å²) < 4.78 is 0. The van der Waals surface area contributed by atoms with Crippen LogP contribution >= 0.6 is 0 Å². The van der Waals surface area contributed by atoms with Crippen molar-refractivity contribution in [3.8, 4) is 0 Å². The Labute approximate surface area is 147 Å². The van der Waals surface area contributed by atoms with Gasteiger partial charge in [-0.2, -0.15) is 0 Å². The number of carbonyl (C=O) groups excluding carboxylic acids is 1. The fourth-order valence-corrected chi connectivity index (χ4v) is 2.66. The molecule has 1 heterocycles. The van der Waals surface area contributed by atoms with Crippen LogP contribution in [0, 0.1) is 20.8 Å². The van der Waals surface area contributed by atoms with Gasteiger partial charge in [-0.05, 0) is 56.2 Å². The number of carbonyl (C=O) groups is 1. The first-order chi connectivity index (χ1) is 12.0. The van der Waals surface area contributed by atoms with Crippen LogP contribution in [-0.4, -0.2) is 15.9 Å². The third-order valence-corrected chi connectivity index (χ3v) is 3.60. The number of hydrogen-bond acceptors (Lipinski definition) is 4. The van der Waals surface area contributed by atoms with E-state index in [0.29, 0.717) is 17.3 Å². The first-order valence-electron chi connectivity index (χ1n) is 8.07.